The van der Waals surface area contributed by atoms with Gasteiger partial charge in [0.2, 0.25) is 5.75 Å². The Morgan fingerprint density at radius 2 is 1.76 bits per heavy atom. The van der Waals surface area contributed by atoms with Crippen molar-refractivity contribution in [2.45, 2.75) is 32.0 Å². The average molecular weight is 294 g/mol. The molecule has 1 aromatic carbocycles. The van der Waals surface area contributed by atoms with Gasteiger partial charge in [0.15, 0.2) is 11.5 Å². The van der Waals surface area contributed by atoms with E-state index in [4.69, 9.17) is 14.2 Å². The topological polar surface area (TPSA) is 43.0 Å². The van der Waals surface area contributed by atoms with E-state index in [1.807, 2.05) is 12.1 Å². The fourth-order valence-electron chi connectivity index (χ4n) is 2.84. The minimum atomic E-state index is 0.532. The summed E-state index contributed by atoms with van der Waals surface area (Å²) in [6, 6.07) is 5.17. The standard InChI is InChI=1S/C16H26N2O3/c1-11-6-13(10-18(11)2)17-9-12-7-14(19-3)16(21-5)15(8-12)20-4/h7-8,11,13,17H,6,9-10H2,1-5H3. The van der Waals surface area contributed by atoms with E-state index in [1.54, 1.807) is 21.3 Å². The van der Waals surface area contributed by atoms with Crippen molar-refractivity contribution in [3.05, 3.63) is 17.7 Å². The normalized spacial score (nSPS) is 22.3. The third-order valence-corrected chi connectivity index (χ3v) is 4.21. The first-order chi connectivity index (χ1) is 10.1. The molecule has 2 rings (SSSR count). The lowest BCUT2D eigenvalue weighted by Gasteiger charge is -2.16. The van der Waals surface area contributed by atoms with E-state index in [-0.39, 0.29) is 0 Å². The summed E-state index contributed by atoms with van der Waals surface area (Å²) in [6.07, 6.45) is 1.18. The van der Waals surface area contributed by atoms with Crippen LogP contribution in [0.25, 0.3) is 0 Å². The first kappa shape index (κ1) is 15.9. The molecule has 1 aromatic rings. The molecular weight excluding hydrogens is 268 g/mol. The van der Waals surface area contributed by atoms with Crippen LogP contribution in [0.2, 0.25) is 0 Å². The number of benzene rings is 1. The van der Waals surface area contributed by atoms with E-state index in [0.717, 1.165) is 18.7 Å². The molecule has 5 heteroatoms. The molecule has 0 radical (unpaired) electrons. The Morgan fingerprint density at radius 3 is 2.19 bits per heavy atom. The van der Waals surface area contributed by atoms with Crippen LogP contribution in [-0.2, 0) is 6.54 Å². The van der Waals surface area contributed by atoms with E-state index < -0.39 is 0 Å². The van der Waals surface area contributed by atoms with Crippen molar-refractivity contribution in [3.63, 3.8) is 0 Å². The molecule has 1 aliphatic heterocycles. The van der Waals surface area contributed by atoms with Crippen molar-refractivity contribution in [2.75, 3.05) is 34.9 Å². The van der Waals surface area contributed by atoms with Crippen molar-refractivity contribution >= 4 is 0 Å². The number of nitrogens with one attached hydrogen (secondary N) is 1. The highest BCUT2D eigenvalue weighted by atomic mass is 16.5. The van der Waals surface area contributed by atoms with E-state index >= 15 is 0 Å². The van der Waals surface area contributed by atoms with Gasteiger partial charge in [0.25, 0.3) is 0 Å². The summed E-state index contributed by atoms with van der Waals surface area (Å²) in [5, 5.41) is 3.61. The van der Waals surface area contributed by atoms with Gasteiger partial charge in [0, 0.05) is 25.2 Å². The Labute approximate surface area is 127 Å². The molecular formula is C16H26N2O3. The molecule has 0 amide bonds. The van der Waals surface area contributed by atoms with Gasteiger partial charge in [-0.05, 0) is 38.1 Å². The summed E-state index contributed by atoms with van der Waals surface area (Å²) in [5.74, 6) is 2.04. The number of hydrogen-bond donors (Lipinski definition) is 1. The Bertz CT molecular complexity index is 444. The van der Waals surface area contributed by atoms with Crippen LogP contribution in [0.15, 0.2) is 12.1 Å². The van der Waals surface area contributed by atoms with Gasteiger partial charge in [-0.1, -0.05) is 0 Å². The highest BCUT2D eigenvalue weighted by Crippen LogP contribution is 2.38. The monoisotopic (exact) mass is 294 g/mol. The second-order valence-corrected chi connectivity index (χ2v) is 5.64. The van der Waals surface area contributed by atoms with Gasteiger partial charge in [0.05, 0.1) is 21.3 Å². The number of hydrogen-bond acceptors (Lipinski definition) is 5. The van der Waals surface area contributed by atoms with Crippen LogP contribution in [0, 0.1) is 0 Å². The Kier molecular flexibility index (Phi) is 5.31. The Morgan fingerprint density at radius 1 is 1.14 bits per heavy atom. The lowest BCUT2D eigenvalue weighted by atomic mass is 10.1. The quantitative estimate of drug-likeness (QED) is 0.868. The lowest BCUT2D eigenvalue weighted by Crippen LogP contribution is -2.31. The lowest BCUT2D eigenvalue weighted by molar-refractivity contribution is 0.323. The molecule has 1 heterocycles. The van der Waals surface area contributed by atoms with Crippen LogP contribution >= 0.6 is 0 Å². The zero-order valence-corrected chi connectivity index (χ0v) is 13.6. The molecule has 5 nitrogen and oxygen atoms in total. The van der Waals surface area contributed by atoms with E-state index in [0.29, 0.717) is 29.3 Å². The van der Waals surface area contributed by atoms with E-state index in [9.17, 15) is 0 Å². The molecule has 1 fully saturated rings. The number of likely N-dealkylation sites (tertiary alicyclic amines) is 1. The summed E-state index contributed by atoms with van der Waals surface area (Å²) in [5.41, 5.74) is 1.13. The van der Waals surface area contributed by atoms with Crippen LogP contribution in [0.4, 0.5) is 0 Å². The molecule has 2 unspecified atom stereocenters. The number of likely N-dealkylation sites (N-methyl/N-ethyl adjacent to an activating group) is 1. The van der Waals surface area contributed by atoms with E-state index in [1.165, 1.54) is 6.42 Å². The molecule has 0 spiro atoms. The van der Waals surface area contributed by atoms with Crippen molar-refractivity contribution in [2.24, 2.45) is 0 Å². The van der Waals surface area contributed by atoms with Crippen LogP contribution in [-0.4, -0.2) is 51.9 Å². The summed E-state index contributed by atoms with van der Waals surface area (Å²) in [4.78, 5) is 2.38. The number of nitrogens with zero attached hydrogens (tertiary/aromatic N) is 1. The molecule has 1 saturated heterocycles. The molecule has 21 heavy (non-hydrogen) atoms. The second-order valence-electron chi connectivity index (χ2n) is 5.64. The molecule has 0 aromatic heterocycles. The van der Waals surface area contributed by atoms with Crippen LogP contribution in [0.1, 0.15) is 18.9 Å². The van der Waals surface area contributed by atoms with E-state index in [2.05, 4.69) is 24.2 Å². The fraction of sp³-hybridized carbons (Fsp3) is 0.625. The molecule has 0 bridgehead atoms. The molecule has 118 valence electrons. The minimum Gasteiger partial charge on any atom is -0.493 e. The summed E-state index contributed by atoms with van der Waals surface area (Å²) < 4.78 is 16.1. The maximum atomic E-state index is 5.38. The number of methoxy groups -OCH3 is 3. The number of rotatable bonds is 6. The maximum absolute atomic E-state index is 5.38. The van der Waals surface area contributed by atoms with Crippen LogP contribution in [0.5, 0.6) is 17.2 Å². The number of ether oxygens (including phenoxy) is 3. The second kappa shape index (κ2) is 7.00. The summed E-state index contributed by atoms with van der Waals surface area (Å²) >= 11 is 0. The van der Waals surface area contributed by atoms with Gasteiger partial charge in [0.1, 0.15) is 0 Å². The molecule has 1 aliphatic rings. The van der Waals surface area contributed by atoms with Crippen LogP contribution in [0.3, 0.4) is 0 Å². The average Bonchev–Trinajstić information content (AvgIpc) is 2.82. The first-order valence-electron chi connectivity index (χ1n) is 7.31. The Hall–Kier alpha value is -1.46. The van der Waals surface area contributed by atoms with Gasteiger partial charge in [-0.25, -0.2) is 0 Å². The third-order valence-electron chi connectivity index (χ3n) is 4.21. The predicted molar refractivity (Wildman–Crippen MR) is 83.4 cm³/mol. The van der Waals surface area contributed by atoms with Gasteiger partial charge in [-0.15, -0.1) is 0 Å². The minimum absolute atomic E-state index is 0.532. The SMILES string of the molecule is COc1cc(CNC2CC(C)N(C)C2)cc(OC)c1OC. The Balaban J connectivity index is 2.06. The van der Waals surface area contributed by atoms with Crippen molar-refractivity contribution < 1.29 is 14.2 Å². The van der Waals surface area contributed by atoms with Crippen molar-refractivity contribution in [3.8, 4) is 17.2 Å². The van der Waals surface area contributed by atoms with Gasteiger partial charge in [-0.3, -0.25) is 0 Å². The van der Waals surface area contributed by atoms with Gasteiger partial charge in [-0.2, -0.15) is 0 Å². The molecule has 2 atom stereocenters. The maximum Gasteiger partial charge on any atom is 0.203 e. The zero-order chi connectivity index (χ0) is 15.4. The summed E-state index contributed by atoms with van der Waals surface area (Å²) in [6.45, 7) is 4.15. The predicted octanol–water partition coefficient (Wildman–Crippen LogP) is 1.89. The highest BCUT2D eigenvalue weighted by Gasteiger charge is 2.25. The fourth-order valence-corrected chi connectivity index (χ4v) is 2.84. The molecule has 1 N–H and O–H groups in total. The van der Waals surface area contributed by atoms with Crippen molar-refractivity contribution in [1.82, 2.24) is 10.2 Å². The zero-order valence-electron chi connectivity index (χ0n) is 13.6. The molecule has 0 aliphatic carbocycles. The third kappa shape index (κ3) is 3.60. The largest absolute Gasteiger partial charge is 0.493 e. The molecule has 0 saturated carbocycles. The van der Waals surface area contributed by atoms with Crippen LogP contribution < -0.4 is 19.5 Å². The smallest absolute Gasteiger partial charge is 0.203 e. The van der Waals surface area contributed by atoms with Gasteiger partial charge < -0.3 is 24.4 Å². The summed E-state index contributed by atoms with van der Waals surface area (Å²) in [7, 11) is 7.07. The van der Waals surface area contributed by atoms with Crippen molar-refractivity contribution in [1.29, 1.82) is 0 Å². The van der Waals surface area contributed by atoms with Gasteiger partial charge >= 0.3 is 0 Å². The highest BCUT2D eigenvalue weighted by molar-refractivity contribution is 5.53. The first-order valence-corrected chi connectivity index (χ1v) is 7.31.